The lowest BCUT2D eigenvalue weighted by molar-refractivity contribution is -0.384. The quantitative estimate of drug-likeness (QED) is 0.670. The van der Waals surface area contributed by atoms with Crippen LogP contribution < -0.4 is 0 Å². The van der Waals surface area contributed by atoms with Crippen molar-refractivity contribution in [3.63, 3.8) is 0 Å². The number of hydrogen-bond acceptors (Lipinski definition) is 4. The van der Waals surface area contributed by atoms with E-state index >= 15 is 0 Å². The predicted molar refractivity (Wildman–Crippen MR) is 71.7 cm³/mol. The summed E-state index contributed by atoms with van der Waals surface area (Å²) in [5, 5.41) is 21.0. The number of aliphatic hydroxyl groups excluding tert-OH is 1. The minimum atomic E-state index is -1.19. The van der Waals surface area contributed by atoms with Crippen LogP contribution in [0.25, 0.3) is 0 Å². The molecule has 0 fully saturated rings. The van der Waals surface area contributed by atoms with Gasteiger partial charge in [-0.25, -0.2) is 0 Å². The molecule has 5 heteroatoms. The number of nitro benzene ring substituents is 1. The highest BCUT2D eigenvalue weighted by atomic mass is 16.6. The molecule has 0 radical (unpaired) electrons. The molecule has 0 saturated carbocycles. The summed E-state index contributed by atoms with van der Waals surface area (Å²) in [7, 11) is 0. The van der Waals surface area contributed by atoms with Crippen molar-refractivity contribution in [2.45, 2.75) is 12.0 Å². The van der Waals surface area contributed by atoms with E-state index in [1.165, 1.54) is 12.1 Å². The highest BCUT2D eigenvalue weighted by Gasteiger charge is 2.39. The van der Waals surface area contributed by atoms with Crippen molar-refractivity contribution < 1.29 is 14.8 Å². The first-order valence-corrected chi connectivity index (χ1v) is 6.15. The largest absolute Gasteiger partial charge is 0.384 e. The molecule has 0 amide bonds. The molecule has 100 valence electrons. The summed E-state index contributed by atoms with van der Waals surface area (Å²) in [6, 6.07) is 13.0. The molecule has 5 nitrogen and oxygen atoms in total. The van der Waals surface area contributed by atoms with Crippen molar-refractivity contribution in [3.8, 4) is 0 Å². The van der Waals surface area contributed by atoms with Crippen molar-refractivity contribution in [1.82, 2.24) is 0 Å². The smallest absolute Gasteiger partial charge is 0.269 e. The number of ketones is 1. The van der Waals surface area contributed by atoms with Crippen molar-refractivity contribution in [2.24, 2.45) is 0 Å². The highest BCUT2D eigenvalue weighted by Crippen LogP contribution is 2.38. The van der Waals surface area contributed by atoms with E-state index in [-0.39, 0.29) is 11.5 Å². The Bertz CT molecular complexity index is 711. The molecule has 0 unspecified atom stereocenters. The molecule has 2 atom stereocenters. The molecule has 0 saturated heterocycles. The van der Waals surface area contributed by atoms with Gasteiger partial charge < -0.3 is 5.11 Å². The number of aliphatic hydroxyl groups is 1. The number of nitrogens with zero attached hydrogens (tertiary/aromatic N) is 1. The topological polar surface area (TPSA) is 80.4 Å². The Labute approximate surface area is 114 Å². The van der Waals surface area contributed by atoms with Gasteiger partial charge in [-0.2, -0.15) is 0 Å². The van der Waals surface area contributed by atoms with Gasteiger partial charge in [0.05, 0.1) is 4.92 Å². The molecule has 1 aliphatic carbocycles. The Hall–Kier alpha value is -2.53. The van der Waals surface area contributed by atoms with Crippen LogP contribution in [0.4, 0.5) is 5.69 Å². The maximum atomic E-state index is 12.0. The van der Waals surface area contributed by atoms with Gasteiger partial charge in [0.2, 0.25) is 0 Å². The van der Waals surface area contributed by atoms with Gasteiger partial charge in [-0.1, -0.05) is 36.4 Å². The SMILES string of the molecule is O=C1c2ccccc2[C@@H](c2cccc([N+](=O)[O-])c2)[C@H]1O. The van der Waals surface area contributed by atoms with Gasteiger partial charge in [-0.3, -0.25) is 14.9 Å². The van der Waals surface area contributed by atoms with Crippen LogP contribution in [0.1, 0.15) is 27.4 Å². The van der Waals surface area contributed by atoms with Crippen LogP contribution in [0.3, 0.4) is 0 Å². The first kappa shape index (κ1) is 12.5. The Balaban J connectivity index is 2.13. The van der Waals surface area contributed by atoms with Gasteiger partial charge in [0, 0.05) is 23.6 Å². The van der Waals surface area contributed by atoms with E-state index in [4.69, 9.17) is 0 Å². The molecule has 0 aliphatic heterocycles. The van der Waals surface area contributed by atoms with Crippen LogP contribution in [0, 0.1) is 10.1 Å². The van der Waals surface area contributed by atoms with Crippen LogP contribution in [0.5, 0.6) is 0 Å². The fourth-order valence-corrected chi connectivity index (χ4v) is 2.67. The molecule has 2 aromatic carbocycles. The lowest BCUT2D eigenvalue weighted by Crippen LogP contribution is -2.20. The third-order valence-electron chi connectivity index (χ3n) is 3.59. The molecule has 2 aromatic rings. The van der Waals surface area contributed by atoms with Gasteiger partial charge >= 0.3 is 0 Å². The van der Waals surface area contributed by atoms with E-state index in [2.05, 4.69) is 0 Å². The van der Waals surface area contributed by atoms with Gasteiger partial charge in [0.25, 0.3) is 5.69 Å². The van der Waals surface area contributed by atoms with E-state index < -0.39 is 16.9 Å². The van der Waals surface area contributed by atoms with Crippen molar-refractivity contribution >= 4 is 11.5 Å². The number of carbonyl (C=O) groups is 1. The molecule has 1 N–H and O–H groups in total. The summed E-state index contributed by atoms with van der Waals surface area (Å²) in [5.41, 5.74) is 1.72. The van der Waals surface area contributed by atoms with E-state index in [1.807, 2.05) is 0 Å². The minimum absolute atomic E-state index is 0.0495. The van der Waals surface area contributed by atoms with Crippen molar-refractivity contribution in [2.75, 3.05) is 0 Å². The number of nitro groups is 1. The van der Waals surface area contributed by atoms with E-state index in [1.54, 1.807) is 36.4 Å². The number of Topliss-reactive ketones (excluding diaryl/α,β-unsaturated/α-hetero) is 1. The molecule has 0 bridgehead atoms. The second-order valence-electron chi connectivity index (χ2n) is 4.73. The molecule has 20 heavy (non-hydrogen) atoms. The van der Waals surface area contributed by atoms with E-state index in [0.29, 0.717) is 16.7 Å². The number of non-ortho nitro benzene ring substituents is 1. The molecule has 0 aromatic heterocycles. The van der Waals surface area contributed by atoms with Crippen LogP contribution in [0.15, 0.2) is 48.5 Å². The minimum Gasteiger partial charge on any atom is -0.384 e. The van der Waals surface area contributed by atoms with Gasteiger partial charge in [-0.05, 0) is 11.1 Å². The predicted octanol–water partition coefficient (Wildman–Crippen LogP) is 2.28. The first-order chi connectivity index (χ1) is 9.59. The summed E-state index contributed by atoms with van der Waals surface area (Å²) < 4.78 is 0. The van der Waals surface area contributed by atoms with Crippen LogP contribution in [0.2, 0.25) is 0 Å². The zero-order chi connectivity index (χ0) is 14.3. The van der Waals surface area contributed by atoms with Crippen molar-refractivity contribution in [1.29, 1.82) is 0 Å². The van der Waals surface area contributed by atoms with E-state index in [0.717, 1.165) is 0 Å². The lowest BCUT2D eigenvalue weighted by atomic mass is 9.91. The highest BCUT2D eigenvalue weighted by molar-refractivity contribution is 6.05. The maximum absolute atomic E-state index is 12.0. The number of hydrogen-bond donors (Lipinski definition) is 1. The average molecular weight is 269 g/mol. The third-order valence-corrected chi connectivity index (χ3v) is 3.59. The summed E-state index contributed by atoms with van der Waals surface area (Å²) in [4.78, 5) is 22.4. The summed E-state index contributed by atoms with van der Waals surface area (Å²) in [6.07, 6.45) is -1.19. The third kappa shape index (κ3) is 1.80. The number of carbonyl (C=O) groups excluding carboxylic acids is 1. The normalized spacial score (nSPS) is 20.8. The Morgan fingerprint density at radius 1 is 1.10 bits per heavy atom. The molecular weight excluding hydrogens is 258 g/mol. The van der Waals surface area contributed by atoms with Crippen LogP contribution in [-0.4, -0.2) is 21.9 Å². The van der Waals surface area contributed by atoms with Gasteiger partial charge in [0.1, 0.15) is 6.10 Å². The molecule has 0 spiro atoms. The monoisotopic (exact) mass is 269 g/mol. The van der Waals surface area contributed by atoms with Gasteiger partial charge in [-0.15, -0.1) is 0 Å². The molecule has 1 aliphatic rings. The molecule has 3 rings (SSSR count). The standard InChI is InChI=1S/C15H11NO4/c17-14-12-7-2-1-6-11(12)13(15(14)18)9-4-3-5-10(8-9)16(19)20/h1-8,13,15,18H/t13-,15-/m1/s1. The lowest BCUT2D eigenvalue weighted by Gasteiger charge is -2.15. The summed E-state index contributed by atoms with van der Waals surface area (Å²) >= 11 is 0. The molecule has 0 heterocycles. The number of fused-ring (bicyclic) bond motifs is 1. The molecular formula is C15H11NO4. The first-order valence-electron chi connectivity index (χ1n) is 6.15. The maximum Gasteiger partial charge on any atom is 0.269 e. The average Bonchev–Trinajstić information content (AvgIpc) is 2.72. The van der Waals surface area contributed by atoms with E-state index in [9.17, 15) is 20.0 Å². The summed E-state index contributed by atoms with van der Waals surface area (Å²) in [6.45, 7) is 0. The second-order valence-corrected chi connectivity index (χ2v) is 4.73. The zero-order valence-corrected chi connectivity index (χ0v) is 10.4. The fraction of sp³-hybridized carbons (Fsp3) is 0.133. The Kier molecular flexibility index (Phi) is 2.84. The Morgan fingerprint density at radius 3 is 2.60 bits per heavy atom. The van der Waals surface area contributed by atoms with Crippen LogP contribution in [-0.2, 0) is 0 Å². The number of benzene rings is 2. The Morgan fingerprint density at radius 2 is 1.85 bits per heavy atom. The fourth-order valence-electron chi connectivity index (χ4n) is 2.67. The second kappa shape index (κ2) is 4.54. The summed E-state index contributed by atoms with van der Waals surface area (Å²) in [5.74, 6) is -0.879. The number of rotatable bonds is 2. The van der Waals surface area contributed by atoms with Crippen molar-refractivity contribution in [3.05, 3.63) is 75.3 Å². The van der Waals surface area contributed by atoms with Crippen LogP contribution >= 0.6 is 0 Å². The van der Waals surface area contributed by atoms with Gasteiger partial charge in [0.15, 0.2) is 5.78 Å². The zero-order valence-electron chi connectivity index (χ0n) is 10.4.